The maximum absolute atomic E-state index is 12.4. The average Bonchev–Trinajstić information content (AvgIpc) is 2.90. The van der Waals surface area contributed by atoms with Gasteiger partial charge in [-0.05, 0) is 13.8 Å². The number of carboxylic acids is 1. The van der Waals surface area contributed by atoms with Crippen LogP contribution in [0.3, 0.4) is 0 Å². The Morgan fingerprint density at radius 3 is 2.57 bits per heavy atom. The number of aromatic nitrogens is 1. The van der Waals surface area contributed by atoms with E-state index in [9.17, 15) is 14.7 Å². The Labute approximate surface area is 138 Å². The van der Waals surface area contributed by atoms with Crippen LogP contribution in [0.4, 0.5) is 0 Å². The summed E-state index contributed by atoms with van der Waals surface area (Å²) in [6.45, 7) is 3.01. The molecule has 0 aliphatic carbocycles. The van der Waals surface area contributed by atoms with Gasteiger partial charge in [-0.3, -0.25) is 4.79 Å². The normalized spacial score (nSPS) is 13.3. The van der Waals surface area contributed by atoms with E-state index < -0.39 is 17.4 Å². The molecule has 1 aromatic carbocycles. The van der Waals surface area contributed by atoms with E-state index in [-0.39, 0.29) is 6.61 Å². The van der Waals surface area contributed by atoms with Gasteiger partial charge < -0.3 is 15.2 Å². The average molecular weight is 334 g/mol. The number of rotatable bonds is 6. The van der Waals surface area contributed by atoms with Crippen LogP contribution in [-0.4, -0.2) is 41.2 Å². The molecule has 23 heavy (non-hydrogen) atoms. The highest BCUT2D eigenvalue weighted by Crippen LogP contribution is 2.28. The second-order valence-corrected chi connectivity index (χ2v) is 6.32. The van der Waals surface area contributed by atoms with Crippen LogP contribution in [0, 0.1) is 6.92 Å². The second kappa shape index (κ2) is 6.89. The van der Waals surface area contributed by atoms with Crippen LogP contribution >= 0.6 is 11.3 Å². The molecule has 0 saturated carbocycles. The van der Waals surface area contributed by atoms with Gasteiger partial charge in [-0.25, -0.2) is 9.78 Å². The number of nitrogens with one attached hydrogen (secondary N) is 1. The molecule has 2 rings (SSSR count). The quantitative estimate of drug-likeness (QED) is 0.846. The molecule has 1 aromatic heterocycles. The molecule has 1 amide bonds. The van der Waals surface area contributed by atoms with Gasteiger partial charge in [0.1, 0.15) is 9.88 Å². The first-order valence-corrected chi connectivity index (χ1v) is 7.76. The van der Waals surface area contributed by atoms with Crippen molar-refractivity contribution in [2.24, 2.45) is 0 Å². The number of ether oxygens (including phenoxy) is 1. The lowest BCUT2D eigenvalue weighted by Gasteiger charge is -2.24. The number of carbonyl (C=O) groups is 2. The van der Waals surface area contributed by atoms with Crippen LogP contribution in [0.15, 0.2) is 30.3 Å². The molecule has 0 aliphatic heterocycles. The SMILES string of the molecule is COCC(C)(NC(=O)c1sc(-c2ccccc2)nc1C)C(=O)O. The van der Waals surface area contributed by atoms with Gasteiger partial charge in [-0.15, -0.1) is 11.3 Å². The summed E-state index contributed by atoms with van der Waals surface area (Å²) in [4.78, 5) is 28.6. The number of hydrogen-bond acceptors (Lipinski definition) is 5. The molecular formula is C16H18N2O4S. The van der Waals surface area contributed by atoms with Gasteiger partial charge in [0, 0.05) is 12.7 Å². The summed E-state index contributed by atoms with van der Waals surface area (Å²) < 4.78 is 4.90. The van der Waals surface area contributed by atoms with E-state index in [0.717, 1.165) is 10.6 Å². The first-order chi connectivity index (χ1) is 10.9. The van der Waals surface area contributed by atoms with Crippen molar-refractivity contribution in [2.75, 3.05) is 13.7 Å². The minimum absolute atomic E-state index is 0.128. The molecule has 122 valence electrons. The zero-order valence-electron chi connectivity index (χ0n) is 13.1. The maximum atomic E-state index is 12.4. The lowest BCUT2D eigenvalue weighted by Crippen LogP contribution is -2.55. The molecule has 6 nitrogen and oxygen atoms in total. The van der Waals surface area contributed by atoms with Crippen LogP contribution in [-0.2, 0) is 9.53 Å². The van der Waals surface area contributed by atoms with Gasteiger partial charge in [0.05, 0.1) is 12.3 Å². The first kappa shape index (κ1) is 17.1. The van der Waals surface area contributed by atoms with Crippen LogP contribution < -0.4 is 5.32 Å². The van der Waals surface area contributed by atoms with Crippen molar-refractivity contribution in [1.82, 2.24) is 10.3 Å². The fourth-order valence-corrected chi connectivity index (χ4v) is 3.03. The number of methoxy groups -OCH3 is 1. The molecular weight excluding hydrogens is 316 g/mol. The molecule has 0 aliphatic rings. The fourth-order valence-electron chi connectivity index (χ4n) is 2.06. The fraction of sp³-hybridized carbons (Fsp3) is 0.312. The standard InChI is InChI=1S/C16H18N2O4S/c1-10-12(13(19)18-16(2,9-22-3)15(20)21)23-14(17-10)11-7-5-4-6-8-11/h4-8H,9H2,1-3H3,(H,18,19)(H,20,21). The highest BCUT2D eigenvalue weighted by atomic mass is 32.1. The summed E-state index contributed by atoms with van der Waals surface area (Å²) in [6.07, 6.45) is 0. The van der Waals surface area contributed by atoms with Crippen LogP contribution in [0.25, 0.3) is 10.6 Å². The van der Waals surface area contributed by atoms with Crippen molar-refractivity contribution in [3.8, 4) is 10.6 Å². The maximum Gasteiger partial charge on any atom is 0.331 e. The van der Waals surface area contributed by atoms with Crippen molar-refractivity contribution in [1.29, 1.82) is 0 Å². The van der Waals surface area contributed by atoms with Gasteiger partial charge in [0.15, 0.2) is 5.54 Å². The number of thiazole rings is 1. The molecule has 7 heteroatoms. The zero-order valence-corrected chi connectivity index (χ0v) is 13.9. The lowest BCUT2D eigenvalue weighted by molar-refractivity contribution is -0.145. The Bertz CT molecular complexity index is 714. The summed E-state index contributed by atoms with van der Waals surface area (Å²) >= 11 is 1.23. The van der Waals surface area contributed by atoms with Gasteiger partial charge >= 0.3 is 5.97 Å². The molecule has 1 atom stereocenters. The Kier molecular flexibility index (Phi) is 5.12. The van der Waals surface area contributed by atoms with Crippen molar-refractivity contribution in [3.05, 3.63) is 40.9 Å². The number of nitrogens with zero attached hydrogens (tertiary/aromatic N) is 1. The molecule has 0 spiro atoms. The number of hydrogen-bond donors (Lipinski definition) is 2. The third kappa shape index (κ3) is 3.75. The smallest absolute Gasteiger partial charge is 0.331 e. The number of aryl methyl sites for hydroxylation is 1. The van der Waals surface area contributed by atoms with Crippen LogP contribution in [0.5, 0.6) is 0 Å². The van der Waals surface area contributed by atoms with Gasteiger partial charge in [0.2, 0.25) is 0 Å². The summed E-state index contributed by atoms with van der Waals surface area (Å²) in [7, 11) is 1.39. The van der Waals surface area contributed by atoms with E-state index in [4.69, 9.17) is 4.74 Å². The number of carbonyl (C=O) groups excluding carboxylic acids is 1. The molecule has 0 saturated heterocycles. The van der Waals surface area contributed by atoms with E-state index in [0.29, 0.717) is 10.6 Å². The van der Waals surface area contributed by atoms with E-state index >= 15 is 0 Å². The lowest BCUT2D eigenvalue weighted by atomic mass is 10.0. The Balaban J connectivity index is 2.27. The van der Waals surface area contributed by atoms with Crippen molar-refractivity contribution >= 4 is 23.2 Å². The Morgan fingerprint density at radius 1 is 1.35 bits per heavy atom. The molecule has 1 heterocycles. The van der Waals surface area contributed by atoms with Gasteiger partial charge in [-0.1, -0.05) is 30.3 Å². The van der Waals surface area contributed by atoms with E-state index in [2.05, 4.69) is 10.3 Å². The predicted octanol–water partition coefficient (Wildman–Crippen LogP) is 2.34. The summed E-state index contributed by atoms with van der Waals surface area (Å²) in [5, 5.41) is 12.5. The Hall–Kier alpha value is -2.25. The predicted molar refractivity (Wildman–Crippen MR) is 87.7 cm³/mol. The highest BCUT2D eigenvalue weighted by molar-refractivity contribution is 7.17. The zero-order chi connectivity index (χ0) is 17.0. The largest absolute Gasteiger partial charge is 0.479 e. The minimum atomic E-state index is -1.49. The van der Waals surface area contributed by atoms with Crippen molar-refractivity contribution in [2.45, 2.75) is 19.4 Å². The van der Waals surface area contributed by atoms with E-state index in [1.54, 1.807) is 6.92 Å². The van der Waals surface area contributed by atoms with E-state index in [1.807, 2.05) is 30.3 Å². The third-order valence-electron chi connectivity index (χ3n) is 3.32. The van der Waals surface area contributed by atoms with E-state index in [1.165, 1.54) is 25.4 Å². The second-order valence-electron chi connectivity index (χ2n) is 5.32. The van der Waals surface area contributed by atoms with Crippen molar-refractivity contribution in [3.63, 3.8) is 0 Å². The number of aliphatic carboxylic acids is 1. The number of benzene rings is 1. The van der Waals surface area contributed by atoms with Crippen LogP contribution in [0.2, 0.25) is 0 Å². The number of amides is 1. The molecule has 2 aromatic rings. The summed E-state index contributed by atoms with van der Waals surface area (Å²) in [5.74, 6) is -1.62. The first-order valence-electron chi connectivity index (χ1n) is 6.95. The van der Waals surface area contributed by atoms with Crippen molar-refractivity contribution < 1.29 is 19.4 Å². The monoisotopic (exact) mass is 334 g/mol. The summed E-state index contributed by atoms with van der Waals surface area (Å²) in [6, 6.07) is 9.51. The summed E-state index contributed by atoms with van der Waals surface area (Å²) in [5.41, 5.74) is -0.0103. The molecule has 0 bridgehead atoms. The third-order valence-corrected chi connectivity index (χ3v) is 4.52. The van der Waals surface area contributed by atoms with Gasteiger partial charge in [-0.2, -0.15) is 0 Å². The number of carboxylic acid groups (broad SMARTS) is 1. The molecule has 2 N–H and O–H groups in total. The Morgan fingerprint density at radius 2 is 2.00 bits per heavy atom. The highest BCUT2D eigenvalue weighted by Gasteiger charge is 2.36. The topological polar surface area (TPSA) is 88.5 Å². The van der Waals surface area contributed by atoms with Crippen LogP contribution in [0.1, 0.15) is 22.3 Å². The molecule has 0 fully saturated rings. The molecule has 0 radical (unpaired) electrons. The minimum Gasteiger partial charge on any atom is -0.479 e. The molecule has 1 unspecified atom stereocenters. The van der Waals surface area contributed by atoms with Gasteiger partial charge in [0.25, 0.3) is 5.91 Å².